The van der Waals surface area contributed by atoms with Crippen LogP contribution >= 0.6 is 0 Å². The maximum absolute atomic E-state index is 12.1. The van der Waals surface area contributed by atoms with Crippen molar-refractivity contribution >= 4 is 10.2 Å². The van der Waals surface area contributed by atoms with Crippen LogP contribution in [0.2, 0.25) is 0 Å². The summed E-state index contributed by atoms with van der Waals surface area (Å²) < 4.78 is 37.8. The van der Waals surface area contributed by atoms with Crippen LogP contribution < -0.4 is 0 Å². The molecule has 0 aliphatic carbocycles. The van der Waals surface area contributed by atoms with Crippen LogP contribution in [0, 0.1) is 5.41 Å². The molecule has 0 aromatic rings. The minimum atomic E-state index is -3.27. The molecule has 2 heterocycles. The maximum atomic E-state index is 12.1. The van der Waals surface area contributed by atoms with Crippen LogP contribution in [-0.4, -0.2) is 70.6 Å². The highest BCUT2D eigenvalue weighted by atomic mass is 32.2. The van der Waals surface area contributed by atoms with Crippen LogP contribution in [0.5, 0.6) is 0 Å². The smallest absolute Gasteiger partial charge is 0.281 e. The summed E-state index contributed by atoms with van der Waals surface area (Å²) in [5, 5.41) is 0. The van der Waals surface area contributed by atoms with E-state index in [4.69, 9.17) is 9.47 Å². The molecule has 1 atom stereocenters. The molecule has 112 valence electrons. The van der Waals surface area contributed by atoms with Gasteiger partial charge in [-0.2, -0.15) is 17.0 Å². The van der Waals surface area contributed by atoms with E-state index in [1.807, 2.05) is 0 Å². The Morgan fingerprint density at radius 1 is 1.37 bits per heavy atom. The molecule has 0 bridgehead atoms. The molecule has 0 aromatic heterocycles. The molecule has 2 saturated heterocycles. The van der Waals surface area contributed by atoms with E-state index in [0.29, 0.717) is 19.7 Å². The minimum Gasteiger partial charge on any atom is -0.382 e. The summed E-state index contributed by atoms with van der Waals surface area (Å²) in [5.74, 6) is 0. The summed E-state index contributed by atoms with van der Waals surface area (Å²) in [7, 11) is 1.57. The van der Waals surface area contributed by atoms with E-state index in [1.165, 1.54) is 4.31 Å². The van der Waals surface area contributed by atoms with Gasteiger partial charge in [0, 0.05) is 34.3 Å². The van der Waals surface area contributed by atoms with Crippen LogP contribution in [0.4, 0.5) is 0 Å². The number of piperidine rings is 1. The number of rotatable bonds is 4. The molecule has 2 aliphatic rings. The van der Waals surface area contributed by atoms with Gasteiger partial charge in [0.2, 0.25) is 0 Å². The van der Waals surface area contributed by atoms with Crippen molar-refractivity contribution in [2.24, 2.45) is 5.41 Å². The van der Waals surface area contributed by atoms with Crippen molar-refractivity contribution in [3.05, 3.63) is 0 Å². The highest BCUT2D eigenvalue weighted by molar-refractivity contribution is 7.86. The molecule has 1 spiro atoms. The summed E-state index contributed by atoms with van der Waals surface area (Å²) in [6.45, 7) is 2.53. The third kappa shape index (κ3) is 3.11. The van der Waals surface area contributed by atoms with E-state index in [9.17, 15) is 8.42 Å². The van der Waals surface area contributed by atoms with Gasteiger partial charge in [0.15, 0.2) is 0 Å². The average Bonchev–Trinajstić information content (AvgIpc) is 2.73. The van der Waals surface area contributed by atoms with E-state index in [-0.39, 0.29) is 11.5 Å². The number of hydrogen-bond acceptors (Lipinski definition) is 4. The minimum absolute atomic E-state index is 0.154. The molecule has 19 heavy (non-hydrogen) atoms. The molecular formula is C12H24N2O4S. The predicted molar refractivity (Wildman–Crippen MR) is 72.1 cm³/mol. The first-order valence-corrected chi connectivity index (χ1v) is 8.07. The first kappa shape index (κ1) is 15.2. The lowest BCUT2D eigenvalue weighted by Gasteiger charge is -2.38. The van der Waals surface area contributed by atoms with Crippen molar-refractivity contribution in [1.82, 2.24) is 8.61 Å². The zero-order chi connectivity index (χ0) is 14.1. The van der Waals surface area contributed by atoms with E-state index in [0.717, 1.165) is 25.9 Å². The molecule has 2 aliphatic heterocycles. The summed E-state index contributed by atoms with van der Waals surface area (Å²) in [4.78, 5) is 0. The SMILES string of the molecule is COC[C@H]1CC2(CCN(S(=O)(=O)N(C)C)CC2)CO1. The van der Waals surface area contributed by atoms with Gasteiger partial charge in [-0.25, -0.2) is 0 Å². The van der Waals surface area contributed by atoms with Crippen LogP contribution in [0.1, 0.15) is 19.3 Å². The van der Waals surface area contributed by atoms with Crippen molar-refractivity contribution in [2.45, 2.75) is 25.4 Å². The zero-order valence-corrected chi connectivity index (χ0v) is 12.8. The van der Waals surface area contributed by atoms with Gasteiger partial charge in [0.25, 0.3) is 10.2 Å². The zero-order valence-electron chi connectivity index (χ0n) is 12.0. The molecule has 0 aromatic carbocycles. The molecule has 0 amide bonds. The molecule has 0 N–H and O–H groups in total. The second kappa shape index (κ2) is 5.65. The Kier molecular flexibility index (Phi) is 4.52. The predicted octanol–water partition coefficient (Wildman–Crippen LogP) is 0.310. The summed E-state index contributed by atoms with van der Waals surface area (Å²) in [6.07, 6.45) is 2.90. The molecule has 0 saturated carbocycles. The van der Waals surface area contributed by atoms with Gasteiger partial charge in [0.1, 0.15) is 0 Å². The van der Waals surface area contributed by atoms with Crippen LogP contribution in [0.25, 0.3) is 0 Å². The third-order valence-electron chi connectivity index (χ3n) is 4.21. The van der Waals surface area contributed by atoms with Gasteiger partial charge in [-0.15, -0.1) is 0 Å². The monoisotopic (exact) mass is 292 g/mol. The van der Waals surface area contributed by atoms with Crippen LogP contribution in [-0.2, 0) is 19.7 Å². The number of nitrogens with zero attached hydrogens (tertiary/aromatic N) is 2. The van der Waals surface area contributed by atoms with Crippen molar-refractivity contribution < 1.29 is 17.9 Å². The molecular weight excluding hydrogens is 268 g/mol. The van der Waals surface area contributed by atoms with Crippen LogP contribution in [0.15, 0.2) is 0 Å². The Morgan fingerprint density at radius 2 is 2.00 bits per heavy atom. The fourth-order valence-electron chi connectivity index (χ4n) is 2.96. The quantitative estimate of drug-likeness (QED) is 0.748. The lowest BCUT2D eigenvalue weighted by molar-refractivity contribution is 0.0311. The number of hydrogen-bond donors (Lipinski definition) is 0. The first-order chi connectivity index (χ1) is 8.89. The summed E-state index contributed by atoms with van der Waals surface area (Å²) in [5.41, 5.74) is 0.154. The molecule has 0 unspecified atom stereocenters. The lowest BCUT2D eigenvalue weighted by Crippen LogP contribution is -2.47. The fourth-order valence-corrected chi connectivity index (χ4v) is 4.06. The molecule has 2 fully saturated rings. The molecule has 6 nitrogen and oxygen atoms in total. The Balaban J connectivity index is 1.93. The van der Waals surface area contributed by atoms with E-state index in [1.54, 1.807) is 25.5 Å². The van der Waals surface area contributed by atoms with Crippen molar-refractivity contribution in [3.8, 4) is 0 Å². The average molecular weight is 292 g/mol. The maximum Gasteiger partial charge on any atom is 0.281 e. The fraction of sp³-hybridized carbons (Fsp3) is 1.00. The highest BCUT2D eigenvalue weighted by Gasteiger charge is 2.44. The van der Waals surface area contributed by atoms with Gasteiger partial charge < -0.3 is 9.47 Å². The Labute approximate surface area is 115 Å². The third-order valence-corrected chi connectivity index (χ3v) is 6.15. The van der Waals surface area contributed by atoms with E-state index in [2.05, 4.69) is 0 Å². The Bertz CT molecular complexity index is 402. The molecule has 2 rings (SSSR count). The normalized spacial score (nSPS) is 28.3. The number of methoxy groups -OCH3 is 1. The van der Waals surface area contributed by atoms with Crippen molar-refractivity contribution in [1.29, 1.82) is 0 Å². The Morgan fingerprint density at radius 3 is 2.53 bits per heavy atom. The standard InChI is InChI=1S/C12H24N2O4S/c1-13(2)19(15,16)14-6-4-12(5-7-14)8-11(9-17-3)18-10-12/h11H,4-10H2,1-3H3/t11-/m1/s1. The first-order valence-electron chi connectivity index (χ1n) is 6.68. The second-order valence-electron chi connectivity index (χ2n) is 5.78. The topological polar surface area (TPSA) is 59.1 Å². The van der Waals surface area contributed by atoms with Crippen LogP contribution in [0.3, 0.4) is 0 Å². The lowest BCUT2D eigenvalue weighted by atomic mass is 9.77. The highest BCUT2D eigenvalue weighted by Crippen LogP contribution is 2.42. The number of ether oxygens (including phenoxy) is 2. The molecule has 7 heteroatoms. The second-order valence-corrected chi connectivity index (χ2v) is 7.92. The summed E-state index contributed by atoms with van der Waals surface area (Å²) >= 11 is 0. The van der Waals surface area contributed by atoms with Gasteiger partial charge in [-0.1, -0.05) is 0 Å². The van der Waals surface area contributed by atoms with Gasteiger partial charge in [-0.05, 0) is 24.7 Å². The largest absolute Gasteiger partial charge is 0.382 e. The van der Waals surface area contributed by atoms with Crippen molar-refractivity contribution in [3.63, 3.8) is 0 Å². The Hall–Kier alpha value is -0.210. The van der Waals surface area contributed by atoms with Gasteiger partial charge >= 0.3 is 0 Å². The van der Waals surface area contributed by atoms with Gasteiger partial charge in [-0.3, -0.25) is 0 Å². The van der Waals surface area contributed by atoms with E-state index < -0.39 is 10.2 Å². The molecule has 0 radical (unpaired) electrons. The van der Waals surface area contributed by atoms with E-state index >= 15 is 0 Å². The van der Waals surface area contributed by atoms with Crippen molar-refractivity contribution in [2.75, 3.05) is 47.5 Å². The summed E-state index contributed by atoms with van der Waals surface area (Å²) in [6, 6.07) is 0. The van der Waals surface area contributed by atoms with Gasteiger partial charge in [0.05, 0.1) is 19.3 Å².